The Morgan fingerprint density at radius 3 is 2.58 bits per heavy atom. The van der Waals surface area contributed by atoms with Crippen LogP contribution in [0.2, 0.25) is 0 Å². The van der Waals surface area contributed by atoms with Gasteiger partial charge in [0, 0.05) is 4.47 Å². The second kappa shape index (κ2) is 4.93. The number of hydrogen-bond acceptors (Lipinski definition) is 4. The molecule has 0 aliphatic rings. The Hall–Kier alpha value is -1.41. The molecule has 2 rings (SSSR count). The van der Waals surface area contributed by atoms with Crippen molar-refractivity contribution < 1.29 is 17.7 Å². The first-order valence-electron chi connectivity index (χ1n) is 5.25. The number of aromatic nitrogens is 2. The molecule has 0 spiro atoms. The van der Waals surface area contributed by atoms with Gasteiger partial charge in [0.25, 0.3) is 5.89 Å². The number of nitrogens with two attached hydrogens (primary N) is 1. The van der Waals surface area contributed by atoms with Gasteiger partial charge in [0.2, 0.25) is 0 Å². The maximum atomic E-state index is 12.9. The van der Waals surface area contributed by atoms with Gasteiger partial charge in [0.05, 0.1) is 17.2 Å². The van der Waals surface area contributed by atoms with Crippen LogP contribution >= 0.6 is 15.9 Å². The first-order valence-corrected chi connectivity index (χ1v) is 6.04. The normalized spacial score (nSPS) is 13.6. The zero-order valence-corrected chi connectivity index (χ0v) is 11.3. The number of nitrogens with zero attached hydrogens (tertiary/aromatic N) is 2. The van der Waals surface area contributed by atoms with Crippen LogP contribution < -0.4 is 5.73 Å². The Kier molecular flexibility index (Phi) is 3.64. The van der Waals surface area contributed by atoms with E-state index in [-0.39, 0.29) is 17.3 Å². The summed E-state index contributed by atoms with van der Waals surface area (Å²) in [5.74, 6) is -0.0434. The quantitative estimate of drug-likeness (QED) is 0.911. The Labute approximate surface area is 114 Å². The van der Waals surface area contributed by atoms with Crippen molar-refractivity contribution in [2.75, 3.05) is 0 Å². The van der Waals surface area contributed by atoms with E-state index in [4.69, 9.17) is 10.3 Å². The van der Waals surface area contributed by atoms with Gasteiger partial charge in [-0.3, -0.25) is 0 Å². The fourth-order valence-corrected chi connectivity index (χ4v) is 1.83. The first kappa shape index (κ1) is 14.0. The van der Waals surface area contributed by atoms with Gasteiger partial charge in [-0.15, -0.1) is 0 Å². The summed E-state index contributed by atoms with van der Waals surface area (Å²) in [6.45, 7) is 1.61. The third-order valence-corrected chi connectivity index (χ3v) is 2.86. The molecule has 19 heavy (non-hydrogen) atoms. The third-order valence-electron chi connectivity index (χ3n) is 2.37. The molecule has 2 N–H and O–H groups in total. The summed E-state index contributed by atoms with van der Waals surface area (Å²) >= 11 is 3.00. The van der Waals surface area contributed by atoms with Crippen LogP contribution in [0.5, 0.6) is 0 Å². The van der Waals surface area contributed by atoms with E-state index in [2.05, 4.69) is 26.1 Å². The van der Waals surface area contributed by atoms with Crippen molar-refractivity contribution in [1.82, 2.24) is 10.1 Å². The molecule has 4 nitrogen and oxygen atoms in total. The van der Waals surface area contributed by atoms with E-state index in [9.17, 15) is 13.2 Å². The molecule has 1 atom stereocenters. The lowest BCUT2D eigenvalue weighted by molar-refractivity contribution is -0.137. The largest absolute Gasteiger partial charge is 0.417 e. The summed E-state index contributed by atoms with van der Waals surface area (Å²) in [5.41, 5.74) is 4.52. The highest BCUT2D eigenvalue weighted by atomic mass is 79.9. The van der Waals surface area contributed by atoms with Crippen molar-refractivity contribution in [3.05, 3.63) is 34.1 Å². The minimum atomic E-state index is -4.51. The van der Waals surface area contributed by atoms with Crippen LogP contribution in [0.4, 0.5) is 13.2 Å². The molecule has 0 aliphatic heterocycles. The molecule has 0 aliphatic carbocycles. The van der Waals surface area contributed by atoms with Gasteiger partial charge in [-0.25, -0.2) is 0 Å². The molecule has 1 aromatic carbocycles. The molecule has 1 aromatic heterocycles. The average molecular weight is 336 g/mol. The van der Waals surface area contributed by atoms with Crippen LogP contribution in [0.15, 0.2) is 27.2 Å². The molecule has 1 unspecified atom stereocenters. The molecule has 8 heteroatoms. The highest BCUT2D eigenvalue weighted by Gasteiger charge is 2.35. The van der Waals surface area contributed by atoms with Crippen LogP contribution in [0, 0.1) is 0 Å². The highest BCUT2D eigenvalue weighted by molar-refractivity contribution is 9.10. The van der Waals surface area contributed by atoms with Crippen molar-refractivity contribution in [3.63, 3.8) is 0 Å². The van der Waals surface area contributed by atoms with E-state index in [0.717, 1.165) is 6.07 Å². The lowest BCUT2D eigenvalue weighted by atomic mass is 10.1. The van der Waals surface area contributed by atoms with Crippen molar-refractivity contribution >= 4 is 15.9 Å². The average Bonchev–Trinajstić information content (AvgIpc) is 2.77. The fraction of sp³-hybridized carbons (Fsp3) is 0.273. The van der Waals surface area contributed by atoms with E-state index in [1.165, 1.54) is 12.1 Å². The van der Waals surface area contributed by atoms with E-state index in [0.29, 0.717) is 4.47 Å². The Morgan fingerprint density at radius 2 is 2.05 bits per heavy atom. The van der Waals surface area contributed by atoms with E-state index >= 15 is 0 Å². The standard InChI is InChI=1S/C11H9BrF3N3O/c1-5(16)9-17-10(19-18-9)7-3-2-6(12)4-8(7)11(13,14)15/h2-5H,16H2,1H3. The molecular formula is C11H9BrF3N3O. The van der Waals surface area contributed by atoms with Crippen molar-refractivity contribution in [1.29, 1.82) is 0 Å². The third kappa shape index (κ3) is 2.95. The topological polar surface area (TPSA) is 64.9 Å². The second-order valence-corrected chi connectivity index (χ2v) is 4.85. The van der Waals surface area contributed by atoms with Gasteiger partial charge in [0.1, 0.15) is 0 Å². The van der Waals surface area contributed by atoms with Crippen LogP contribution in [-0.4, -0.2) is 10.1 Å². The highest BCUT2D eigenvalue weighted by Crippen LogP contribution is 2.38. The number of rotatable bonds is 2. The summed E-state index contributed by atoms with van der Waals surface area (Å²) < 4.78 is 44.0. The summed E-state index contributed by atoms with van der Waals surface area (Å²) in [7, 11) is 0. The van der Waals surface area contributed by atoms with Gasteiger partial charge in [-0.05, 0) is 25.1 Å². The molecule has 0 amide bonds. The van der Waals surface area contributed by atoms with E-state index in [1.807, 2.05) is 0 Å². The zero-order valence-electron chi connectivity index (χ0n) is 9.70. The van der Waals surface area contributed by atoms with Crippen LogP contribution in [0.3, 0.4) is 0 Å². The zero-order chi connectivity index (χ0) is 14.2. The summed E-state index contributed by atoms with van der Waals surface area (Å²) in [4.78, 5) is 3.87. The molecule has 0 fully saturated rings. The maximum absolute atomic E-state index is 12.9. The maximum Gasteiger partial charge on any atom is 0.417 e. The van der Waals surface area contributed by atoms with Gasteiger partial charge in [0.15, 0.2) is 5.82 Å². The van der Waals surface area contributed by atoms with Crippen LogP contribution in [0.25, 0.3) is 11.5 Å². The fourth-order valence-electron chi connectivity index (χ4n) is 1.47. The minimum absolute atomic E-state index is 0.158. The van der Waals surface area contributed by atoms with E-state index in [1.54, 1.807) is 6.92 Å². The number of hydrogen-bond donors (Lipinski definition) is 1. The summed E-state index contributed by atoms with van der Waals surface area (Å²) in [5, 5.41) is 3.55. The van der Waals surface area contributed by atoms with Crippen LogP contribution in [-0.2, 0) is 6.18 Å². The van der Waals surface area contributed by atoms with Crippen LogP contribution in [0.1, 0.15) is 24.4 Å². The minimum Gasteiger partial charge on any atom is -0.334 e. The predicted octanol–water partition coefficient (Wildman–Crippen LogP) is 3.54. The second-order valence-electron chi connectivity index (χ2n) is 3.93. The van der Waals surface area contributed by atoms with Crippen molar-refractivity contribution in [2.24, 2.45) is 5.73 Å². The van der Waals surface area contributed by atoms with Crippen molar-refractivity contribution in [2.45, 2.75) is 19.1 Å². The van der Waals surface area contributed by atoms with Gasteiger partial charge in [-0.1, -0.05) is 21.1 Å². The number of alkyl halides is 3. The molecular weight excluding hydrogens is 327 g/mol. The van der Waals surface area contributed by atoms with Gasteiger partial charge in [-0.2, -0.15) is 18.2 Å². The predicted molar refractivity (Wildman–Crippen MR) is 65.0 cm³/mol. The van der Waals surface area contributed by atoms with E-state index < -0.39 is 17.8 Å². The molecule has 2 aromatic rings. The molecule has 0 saturated heterocycles. The summed E-state index contributed by atoms with van der Waals surface area (Å²) in [6.07, 6.45) is -4.51. The lowest BCUT2D eigenvalue weighted by Gasteiger charge is -2.10. The van der Waals surface area contributed by atoms with Gasteiger partial charge < -0.3 is 10.3 Å². The summed E-state index contributed by atoms with van der Waals surface area (Å²) in [6, 6.07) is 3.19. The smallest absolute Gasteiger partial charge is 0.334 e. The molecule has 0 saturated carbocycles. The lowest BCUT2D eigenvalue weighted by Crippen LogP contribution is -2.08. The molecule has 102 valence electrons. The Morgan fingerprint density at radius 1 is 1.37 bits per heavy atom. The number of benzene rings is 1. The Balaban J connectivity index is 2.55. The monoisotopic (exact) mass is 335 g/mol. The van der Waals surface area contributed by atoms with Gasteiger partial charge >= 0.3 is 6.18 Å². The SMILES string of the molecule is CC(N)c1noc(-c2ccc(Br)cc2C(F)(F)F)n1. The Bertz CT molecular complexity index is 595. The molecule has 1 heterocycles. The number of halogens is 4. The van der Waals surface area contributed by atoms with Crippen molar-refractivity contribution in [3.8, 4) is 11.5 Å². The molecule has 0 radical (unpaired) electrons. The molecule has 0 bridgehead atoms. The first-order chi connectivity index (χ1) is 8.79.